The third-order valence-corrected chi connectivity index (χ3v) is 7.50. The zero-order valence-electron chi connectivity index (χ0n) is 24.0. The molecule has 1 N–H and O–H groups in total. The lowest BCUT2D eigenvalue weighted by molar-refractivity contribution is -0.141. The van der Waals surface area contributed by atoms with Crippen LogP contribution in [0.1, 0.15) is 48.7 Å². The molecule has 5 aromatic rings. The molecule has 6 rings (SSSR count). The van der Waals surface area contributed by atoms with E-state index in [0.29, 0.717) is 16.8 Å². The van der Waals surface area contributed by atoms with Gasteiger partial charge in [0.15, 0.2) is 17.2 Å². The van der Waals surface area contributed by atoms with Gasteiger partial charge in [-0.15, -0.1) is 0 Å². The maximum Gasteiger partial charge on any atom is 0.435 e. The van der Waals surface area contributed by atoms with Gasteiger partial charge in [0.25, 0.3) is 0 Å². The molecule has 17 heteroatoms. The average Bonchev–Trinajstić information content (AvgIpc) is 3.69. The van der Waals surface area contributed by atoms with Gasteiger partial charge in [0, 0.05) is 12.0 Å². The highest BCUT2D eigenvalue weighted by Crippen LogP contribution is 2.45. The molecule has 236 valence electrons. The van der Waals surface area contributed by atoms with E-state index < -0.39 is 36.3 Å². The highest BCUT2D eigenvalue weighted by atomic mass is 19.4. The van der Waals surface area contributed by atoms with E-state index in [9.17, 15) is 26.3 Å². The van der Waals surface area contributed by atoms with Crippen molar-refractivity contribution in [2.75, 3.05) is 14.2 Å². The SMILES string of the molecule is COc1ncnc(C2CC2)c1-c1ncc2c(n1)n(C(C)c1ccc(-n3nc(C(F)(F)F)cc3OC)cc1)c(=N)n2CC(F)(F)F. The monoisotopic (exact) mass is 633 g/mol. The molecule has 1 aromatic carbocycles. The molecule has 0 radical (unpaired) electrons. The van der Waals surface area contributed by atoms with Crippen LogP contribution in [0.5, 0.6) is 11.8 Å². The molecule has 1 atom stereocenters. The van der Waals surface area contributed by atoms with E-state index in [4.69, 9.17) is 14.9 Å². The summed E-state index contributed by atoms with van der Waals surface area (Å²) in [5, 5.41) is 12.4. The molecule has 0 spiro atoms. The van der Waals surface area contributed by atoms with Crippen LogP contribution in [0.25, 0.3) is 28.2 Å². The maximum absolute atomic E-state index is 13.6. The average molecular weight is 634 g/mol. The number of nitrogens with zero attached hydrogens (tertiary/aromatic N) is 8. The van der Waals surface area contributed by atoms with E-state index >= 15 is 0 Å². The van der Waals surface area contributed by atoms with Gasteiger partial charge in [0.2, 0.25) is 17.4 Å². The second-order valence-electron chi connectivity index (χ2n) is 10.5. The molecule has 0 amide bonds. The number of rotatable bonds is 8. The predicted octanol–water partition coefficient (Wildman–Crippen LogP) is 5.44. The third-order valence-electron chi connectivity index (χ3n) is 7.50. The molecule has 11 nitrogen and oxygen atoms in total. The van der Waals surface area contributed by atoms with Crippen molar-refractivity contribution in [3.8, 4) is 28.8 Å². The molecule has 0 saturated heterocycles. The third kappa shape index (κ3) is 5.57. The molecule has 1 unspecified atom stereocenters. The summed E-state index contributed by atoms with van der Waals surface area (Å²) in [6.07, 6.45) is -4.94. The van der Waals surface area contributed by atoms with Gasteiger partial charge in [0.1, 0.15) is 24.0 Å². The van der Waals surface area contributed by atoms with Crippen LogP contribution in [0.3, 0.4) is 0 Å². The smallest absolute Gasteiger partial charge is 0.435 e. The number of ether oxygens (including phenoxy) is 2. The fraction of sp³-hybridized carbons (Fsp3) is 0.357. The van der Waals surface area contributed by atoms with Crippen LogP contribution in [0.2, 0.25) is 0 Å². The fourth-order valence-electron chi connectivity index (χ4n) is 5.19. The summed E-state index contributed by atoms with van der Waals surface area (Å²) in [7, 11) is 2.64. The molecular formula is C28H25F6N9O2. The zero-order chi connectivity index (χ0) is 32.3. The number of methoxy groups -OCH3 is 2. The fourth-order valence-corrected chi connectivity index (χ4v) is 5.19. The van der Waals surface area contributed by atoms with E-state index in [0.717, 1.165) is 28.2 Å². The van der Waals surface area contributed by atoms with Gasteiger partial charge in [-0.05, 0) is 37.5 Å². The van der Waals surface area contributed by atoms with Crippen LogP contribution in [-0.2, 0) is 12.7 Å². The first-order valence-corrected chi connectivity index (χ1v) is 13.6. The Labute approximate surface area is 250 Å². The molecule has 0 aliphatic heterocycles. The Kier molecular flexibility index (Phi) is 7.28. The van der Waals surface area contributed by atoms with E-state index in [1.165, 1.54) is 43.4 Å². The van der Waals surface area contributed by atoms with Crippen LogP contribution < -0.4 is 15.1 Å². The number of hydrogen-bond donors (Lipinski definition) is 1. The van der Waals surface area contributed by atoms with E-state index in [-0.39, 0.29) is 40.4 Å². The quantitative estimate of drug-likeness (QED) is 0.226. The molecule has 45 heavy (non-hydrogen) atoms. The lowest BCUT2D eigenvalue weighted by Gasteiger charge is -2.16. The number of nitrogens with one attached hydrogen (secondary N) is 1. The molecule has 1 saturated carbocycles. The highest BCUT2D eigenvalue weighted by Gasteiger charge is 2.36. The Morgan fingerprint density at radius 2 is 1.71 bits per heavy atom. The minimum atomic E-state index is -4.69. The summed E-state index contributed by atoms with van der Waals surface area (Å²) in [4.78, 5) is 17.6. The molecular weight excluding hydrogens is 608 g/mol. The van der Waals surface area contributed by atoms with Crippen molar-refractivity contribution < 1.29 is 35.8 Å². The van der Waals surface area contributed by atoms with Gasteiger partial charge in [0.05, 0.1) is 37.8 Å². The van der Waals surface area contributed by atoms with Crippen molar-refractivity contribution >= 4 is 11.2 Å². The molecule has 1 aliphatic carbocycles. The van der Waals surface area contributed by atoms with Crippen molar-refractivity contribution in [2.45, 2.75) is 50.6 Å². The van der Waals surface area contributed by atoms with Crippen LogP contribution in [0.4, 0.5) is 26.3 Å². The first kappa shape index (κ1) is 30.1. The lowest BCUT2D eigenvalue weighted by Crippen LogP contribution is -2.31. The Balaban J connectivity index is 1.47. The molecule has 4 aromatic heterocycles. The van der Waals surface area contributed by atoms with Crippen LogP contribution >= 0.6 is 0 Å². The predicted molar refractivity (Wildman–Crippen MR) is 146 cm³/mol. The van der Waals surface area contributed by atoms with Gasteiger partial charge >= 0.3 is 12.4 Å². The number of halogens is 6. The normalized spacial score (nSPS) is 14.6. The first-order valence-electron chi connectivity index (χ1n) is 13.6. The number of alkyl halides is 6. The van der Waals surface area contributed by atoms with E-state index in [1.807, 2.05) is 0 Å². The number of benzene rings is 1. The van der Waals surface area contributed by atoms with Gasteiger partial charge in [-0.1, -0.05) is 12.1 Å². The minimum absolute atomic E-state index is 0.0192. The number of imidazole rings is 1. The molecule has 1 fully saturated rings. The molecule has 4 heterocycles. The van der Waals surface area contributed by atoms with Crippen molar-refractivity contribution in [2.24, 2.45) is 0 Å². The number of fused-ring (bicyclic) bond motifs is 1. The second-order valence-corrected chi connectivity index (χ2v) is 10.5. The summed E-state index contributed by atoms with van der Waals surface area (Å²) < 4.78 is 94.3. The van der Waals surface area contributed by atoms with Gasteiger partial charge in [-0.25, -0.2) is 24.6 Å². The van der Waals surface area contributed by atoms with Gasteiger partial charge in [-0.3, -0.25) is 14.5 Å². The Morgan fingerprint density at radius 3 is 2.31 bits per heavy atom. The highest BCUT2D eigenvalue weighted by molar-refractivity contribution is 5.76. The Morgan fingerprint density at radius 1 is 1.00 bits per heavy atom. The number of hydrogen-bond acceptors (Lipinski definition) is 8. The largest absolute Gasteiger partial charge is 0.481 e. The summed E-state index contributed by atoms with van der Waals surface area (Å²) in [6.45, 7) is 0.222. The van der Waals surface area contributed by atoms with E-state index in [1.54, 1.807) is 19.1 Å². The topological polar surface area (TPSA) is 122 Å². The van der Waals surface area contributed by atoms with Crippen molar-refractivity contribution in [3.05, 3.63) is 65.4 Å². The second kappa shape index (κ2) is 10.9. The minimum Gasteiger partial charge on any atom is -0.481 e. The van der Waals surface area contributed by atoms with Crippen molar-refractivity contribution in [1.82, 2.24) is 38.9 Å². The summed E-state index contributed by atoms with van der Waals surface area (Å²) in [5.41, 5.74) is 0.301. The van der Waals surface area contributed by atoms with Crippen LogP contribution in [0.15, 0.2) is 42.9 Å². The standard InChI is InChI=1S/C28H25F6N9O2/c1-14(15-6-8-17(9-7-15)43-20(44-2)10-19(40-43)28(32,33)34)42-24-18(41(26(42)35)12-27(29,30)31)11-36-23(39-24)21-22(16-4-5-16)37-13-38-25(21)45-3/h6-11,13-14,16,35H,4-5,12H2,1-3H3. The van der Waals surface area contributed by atoms with Gasteiger partial charge in [-0.2, -0.15) is 31.4 Å². The summed E-state index contributed by atoms with van der Waals surface area (Å²) in [5.74, 6) is 0.345. The summed E-state index contributed by atoms with van der Waals surface area (Å²) >= 11 is 0. The van der Waals surface area contributed by atoms with Crippen LogP contribution in [-0.4, -0.2) is 59.2 Å². The Bertz CT molecular complexity index is 1940. The zero-order valence-corrected chi connectivity index (χ0v) is 24.0. The van der Waals surface area contributed by atoms with Crippen molar-refractivity contribution in [3.63, 3.8) is 0 Å². The van der Waals surface area contributed by atoms with Crippen LogP contribution in [0, 0.1) is 5.41 Å². The number of aromatic nitrogens is 8. The Hall–Kier alpha value is -4.96. The molecule has 1 aliphatic rings. The van der Waals surface area contributed by atoms with Gasteiger partial charge < -0.3 is 9.47 Å². The molecule has 0 bridgehead atoms. The lowest BCUT2D eigenvalue weighted by atomic mass is 10.1. The maximum atomic E-state index is 13.6. The van der Waals surface area contributed by atoms with E-state index in [2.05, 4.69) is 25.0 Å². The first-order chi connectivity index (χ1) is 21.3. The summed E-state index contributed by atoms with van der Waals surface area (Å²) in [6, 6.07) is 6.18. The van der Waals surface area contributed by atoms with Crippen molar-refractivity contribution in [1.29, 1.82) is 5.41 Å².